The van der Waals surface area contributed by atoms with Crippen LogP contribution in [-0.2, 0) is 20.9 Å². The molecule has 6 heteroatoms. The topological polar surface area (TPSA) is 63.0 Å². The fraction of sp³-hybridized carbons (Fsp3) is 0.714. The molecule has 0 unspecified atom stereocenters. The molecule has 27 heavy (non-hydrogen) atoms. The molecule has 2 amide bonds. The molecule has 2 rings (SSSR count). The Morgan fingerprint density at radius 3 is 2.67 bits per heavy atom. The van der Waals surface area contributed by atoms with Gasteiger partial charge in [-0.15, -0.1) is 0 Å². The second kappa shape index (κ2) is 11.1. The van der Waals surface area contributed by atoms with E-state index in [2.05, 4.69) is 6.92 Å². The molecule has 0 spiro atoms. The zero-order valence-electron chi connectivity index (χ0n) is 17.0. The summed E-state index contributed by atoms with van der Waals surface area (Å²) in [4.78, 5) is 29.1. The number of carbonyl (C=O) groups is 2. The van der Waals surface area contributed by atoms with Crippen LogP contribution in [0.25, 0.3) is 0 Å². The van der Waals surface area contributed by atoms with Gasteiger partial charge in [-0.2, -0.15) is 0 Å². The average Bonchev–Trinajstić information content (AvgIpc) is 3.31. The highest BCUT2D eigenvalue weighted by molar-refractivity contribution is 5.85. The minimum atomic E-state index is -0.0462. The molecular weight excluding hydrogens is 344 g/mol. The fourth-order valence-corrected chi connectivity index (χ4v) is 3.26. The van der Waals surface area contributed by atoms with Crippen LogP contribution in [0.5, 0.6) is 0 Å². The van der Waals surface area contributed by atoms with Gasteiger partial charge < -0.3 is 19.0 Å². The van der Waals surface area contributed by atoms with Crippen LogP contribution in [0.3, 0.4) is 0 Å². The van der Waals surface area contributed by atoms with Crippen molar-refractivity contribution >= 4 is 11.8 Å². The highest BCUT2D eigenvalue weighted by Crippen LogP contribution is 2.16. The molecule has 0 saturated carbocycles. The zero-order chi connectivity index (χ0) is 19.6. The average molecular weight is 379 g/mol. The lowest BCUT2D eigenvalue weighted by Gasteiger charge is -2.29. The van der Waals surface area contributed by atoms with Gasteiger partial charge in [-0.05, 0) is 37.3 Å². The van der Waals surface area contributed by atoms with Crippen molar-refractivity contribution in [3.63, 3.8) is 0 Å². The summed E-state index contributed by atoms with van der Waals surface area (Å²) in [5.74, 6) is 1.04. The monoisotopic (exact) mass is 378 g/mol. The fourth-order valence-electron chi connectivity index (χ4n) is 3.26. The van der Waals surface area contributed by atoms with Gasteiger partial charge in [-0.1, -0.05) is 27.2 Å². The quantitative estimate of drug-likeness (QED) is 0.591. The molecule has 1 atom stereocenters. The summed E-state index contributed by atoms with van der Waals surface area (Å²) in [6.07, 6.45) is 6.05. The van der Waals surface area contributed by atoms with Crippen LogP contribution >= 0.6 is 0 Å². The van der Waals surface area contributed by atoms with Crippen LogP contribution in [0.2, 0.25) is 0 Å². The normalized spacial score (nSPS) is 16.7. The summed E-state index contributed by atoms with van der Waals surface area (Å²) in [6.45, 7) is 8.60. The highest BCUT2D eigenvalue weighted by atomic mass is 16.5. The van der Waals surface area contributed by atoms with Gasteiger partial charge >= 0.3 is 0 Å². The maximum atomic E-state index is 13.1. The van der Waals surface area contributed by atoms with Gasteiger partial charge in [-0.25, -0.2) is 0 Å². The van der Waals surface area contributed by atoms with Crippen LogP contribution in [-0.4, -0.2) is 54.0 Å². The van der Waals surface area contributed by atoms with Gasteiger partial charge in [0.25, 0.3) is 0 Å². The third-order valence-corrected chi connectivity index (χ3v) is 4.77. The smallest absolute Gasteiger partial charge is 0.242 e. The third kappa shape index (κ3) is 7.37. The van der Waals surface area contributed by atoms with Crippen molar-refractivity contribution in [2.75, 3.05) is 26.2 Å². The highest BCUT2D eigenvalue weighted by Gasteiger charge is 2.26. The number of carbonyl (C=O) groups excluding carboxylic acids is 2. The Morgan fingerprint density at radius 2 is 2.07 bits per heavy atom. The molecule has 6 nitrogen and oxygen atoms in total. The number of hydrogen-bond acceptors (Lipinski definition) is 4. The van der Waals surface area contributed by atoms with Crippen molar-refractivity contribution in [3.05, 3.63) is 24.2 Å². The van der Waals surface area contributed by atoms with Crippen molar-refractivity contribution in [1.29, 1.82) is 0 Å². The summed E-state index contributed by atoms with van der Waals surface area (Å²) in [6, 6.07) is 3.69. The van der Waals surface area contributed by atoms with E-state index in [1.54, 1.807) is 16.1 Å². The molecule has 0 aromatic carbocycles. The molecule has 1 saturated heterocycles. The Hall–Kier alpha value is -1.82. The molecule has 0 bridgehead atoms. The van der Waals surface area contributed by atoms with E-state index >= 15 is 0 Å². The van der Waals surface area contributed by atoms with Crippen molar-refractivity contribution in [1.82, 2.24) is 9.80 Å². The molecule has 0 N–H and O–H groups in total. The maximum Gasteiger partial charge on any atom is 0.242 e. The lowest BCUT2D eigenvalue weighted by Crippen LogP contribution is -2.45. The van der Waals surface area contributed by atoms with Gasteiger partial charge in [0.05, 0.1) is 25.5 Å². The third-order valence-electron chi connectivity index (χ3n) is 4.77. The Balaban J connectivity index is 2.03. The summed E-state index contributed by atoms with van der Waals surface area (Å²) in [5.41, 5.74) is 0. The standard InChI is InChI=1S/C21H34N2O4/c1-4-5-10-22(20(24)13-17(2)3)16-21(25)23(14-18-8-6-11-26-18)15-19-9-7-12-27-19/h6,8,11,17,19H,4-5,7,9-10,12-16H2,1-3H3/t19-/m1/s1. The van der Waals surface area contributed by atoms with Crippen molar-refractivity contribution < 1.29 is 18.7 Å². The van der Waals surface area contributed by atoms with E-state index in [1.165, 1.54) is 0 Å². The molecule has 1 aromatic rings. The van der Waals surface area contributed by atoms with E-state index in [0.717, 1.165) is 38.1 Å². The molecule has 1 fully saturated rings. The zero-order valence-corrected chi connectivity index (χ0v) is 17.0. The molecular formula is C21H34N2O4. The van der Waals surface area contributed by atoms with E-state index in [9.17, 15) is 9.59 Å². The summed E-state index contributed by atoms with van der Waals surface area (Å²) in [5, 5.41) is 0. The van der Waals surface area contributed by atoms with Gasteiger partial charge in [0.2, 0.25) is 11.8 Å². The lowest BCUT2D eigenvalue weighted by molar-refractivity contribution is -0.142. The second-order valence-corrected chi connectivity index (χ2v) is 7.76. The van der Waals surface area contributed by atoms with Crippen LogP contribution in [0, 0.1) is 5.92 Å². The van der Waals surface area contributed by atoms with Crippen LogP contribution in [0.4, 0.5) is 0 Å². The van der Waals surface area contributed by atoms with Crippen molar-refractivity contribution in [2.45, 2.75) is 65.5 Å². The van der Waals surface area contributed by atoms with Crippen LogP contribution in [0.15, 0.2) is 22.8 Å². The Kier molecular flexibility index (Phi) is 8.85. The number of nitrogens with zero attached hydrogens (tertiary/aromatic N) is 2. The van der Waals surface area contributed by atoms with Crippen molar-refractivity contribution in [2.24, 2.45) is 5.92 Å². The molecule has 0 aliphatic carbocycles. The van der Waals surface area contributed by atoms with Crippen molar-refractivity contribution in [3.8, 4) is 0 Å². The molecule has 152 valence electrons. The number of amides is 2. The Bertz CT molecular complexity index is 565. The molecule has 1 aliphatic rings. The first-order chi connectivity index (χ1) is 13.0. The maximum absolute atomic E-state index is 13.1. The predicted octanol–water partition coefficient (Wildman–Crippen LogP) is 3.46. The number of hydrogen-bond donors (Lipinski definition) is 0. The molecule has 1 aromatic heterocycles. The van der Waals surface area contributed by atoms with Gasteiger partial charge in [-0.3, -0.25) is 9.59 Å². The lowest BCUT2D eigenvalue weighted by atomic mass is 10.1. The van der Waals surface area contributed by atoms with E-state index in [4.69, 9.17) is 9.15 Å². The van der Waals surface area contributed by atoms with E-state index in [1.807, 2.05) is 26.0 Å². The van der Waals surface area contributed by atoms with Crippen LogP contribution < -0.4 is 0 Å². The predicted molar refractivity (Wildman–Crippen MR) is 104 cm³/mol. The Morgan fingerprint density at radius 1 is 1.26 bits per heavy atom. The first kappa shape index (κ1) is 21.5. The minimum absolute atomic E-state index is 0.0462. The first-order valence-electron chi connectivity index (χ1n) is 10.2. The number of furan rings is 1. The van der Waals surface area contributed by atoms with E-state index in [-0.39, 0.29) is 30.4 Å². The molecule has 2 heterocycles. The summed E-state index contributed by atoms with van der Waals surface area (Å²) < 4.78 is 11.2. The first-order valence-corrected chi connectivity index (χ1v) is 10.2. The van der Waals surface area contributed by atoms with E-state index in [0.29, 0.717) is 26.1 Å². The summed E-state index contributed by atoms with van der Waals surface area (Å²) in [7, 11) is 0. The van der Waals surface area contributed by atoms with Crippen LogP contribution in [0.1, 0.15) is 58.6 Å². The van der Waals surface area contributed by atoms with Gasteiger partial charge in [0.1, 0.15) is 5.76 Å². The number of unbranched alkanes of at least 4 members (excludes halogenated alkanes) is 1. The molecule has 1 aliphatic heterocycles. The van der Waals surface area contributed by atoms with Gasteiger partial charge in [0, 0.05) is 26.1 Å². The van der Waals surface area contributed by atoms with Gasteiger partial charge in [0.15, 0.2) is 0 Å². The number of rotatable bonds is 11. The van der Waals surface area contributed by atoms with E-state index < -0.39 is 0 Å². The minimum Gasteiger partial charge on any atom is -0.467 e. The Labute approximate surface area is 162 Å². The second-order valence-electron chi connectivity index (χ2n) is 7.76. The SMILES string of the molecule is CCCCN(CC(=O)N(Cc1ccco1)C[C@H]1CCCO1)C(=O)CC(C)C. The summed E-state index contributed by atoms with van der Waals surface area (Å²) >= 11 is 0. The largest absolute Gasteiger partial charge is 0.467 e. The molecule has 0 radical (unpaired) electrons. The number of ether oxygens (including phenoxy) is 1.